The van der Waals surface area contributed by atoms with Gasteiger partial charge in [0.05, 0.1) is 5.92 Å². The summed E-state index contributed by atoms with van der Waals surface area (Å²) in [6.45, 7) is 6.88. The second kappa shape index (κ2) is 6.61. The standard InChI is InChI=1S/C13H24N2O3/c1-4-6-10(5-2)14-13(18)15-7-9(3)11(8-15)12(16)17/h9-11H,4-8H2,1-3H3,(H,14,18)(H,16,17). The molecule has 5 nitrogen and oxygen atoms in total. The lowest BCUT2D eigenvalue weighted by molar-refractivity contribution is -0.142. The van der Waals surface area contributed by atoms with E-state index in [4.69, 9.17) is 5.11 Å². The Balaban J connectivity index is 2.51. The van der Waals surface area contributed by atoms with Gasteiger partial charge in [0.1, 0.15) is 0 Å². The fraction of sp³-hybridized carbons (Fsp3) is 0.846. The van der Waals surface area contributed by atoms with Crippen LogP contribution in [0, 0.1) is 11.8 Å². The van der Waals surface area contributed by atoms with Gasteiger partial charge in [-0.25, -0.2) is 4.79 Å². The van der Waals surface area contributed by atoms with Crippen LogP contribution >= 0.6 is 0 Å². The highest BCUT2D eigenvalue weighted by Gasteiger charge is 2.37. The lowest BCUT2D eigenvalue weighted by atomic mass is 9.99. The van der Waals surface area contributed by atoms with Crippen molar-refractivity contribution in [1.29, 1.82) is 0 Å². The van der Waals surface area contributed by atoms with Crippen molar-refractivity contribution in [2.24, 2.45) is 11.8 Å². The van der Waals surface area contributed by atoms with Crippen molar-refractivity contribution in [2.45, 2.75) is 46.1 Å². The number of carbonyl (C=O) groups excluding carboxylic acids is 1. The Morgan fingerprint density at radius 2 is 2.06 bits per heavy atom. The highest BCUT2D eigenvalue weighted by atomic mass is 16.4. The molecule has 0 aromatic rings. The summed E-state index contributed by atoms with van der Waals surface area (Å²) in [6.07, 6.45) is 2.91. The molecule has 1 fully saturated rings. The molecular formula is C13H24N2O3. The van der Waals surface area contributed by atoms with E-state index >= 15 is 0 Å². The zero-order valence-corrected chi connectivity index (χ0v) is 11.5. The molecule has 3 unspecified atom stereocenters. The Hall–Kier alpha value is -1.26. The zero-order chi connectivity index (χ0) is 13.7. The van der Waals surface area contributed by atoms with Gasteiger partial charge in [0.25, 0.3) is 0 Å². The zero-order valence-electron chi connectivity index (χ0n) is 11.5. The molecule has 0 saturated carbocycles. The van der Waals surface area contributed by atoms with Crippen LogP contribution in [-0.2, 0) is 4.79 Å². The number of rotatable bonds is 5. The number of urea groups is 1. The van der Waals surface area contributed by atoms with Crippen LogP contribution < -0.4 is 5.32 Å². The first-order valence-corrected chi connectivity index (χ1v) is 6.77. The number of hydrogen-bond donors (Lipinski definition) is 2. The second-order valence-corrected chi connectivity index (χ2v) is 5.17. The summed E-state index contributed by atoms with van der Waals surface area (Å²) in [5, 5.41) is 12.0. The van der Waals surface area contributed by atoms with Crippen molar-refractivity contribution in [1.82, 2.24) is 10.2 Å². The van der Waals surface area contributed by atoms with Crippen molar-refractivity contribution >= 4 is 12.0 Å². The van der Waals surface area contributed by atoms with E-state index in [2.05, 4.69) is 12.2 Å². The molecule has 1 aliphatic rings. The molecule has 0 spiro atoms. The van der Waals surface area contributed by atoms with Gasteiger partial charge in [0, 0.05) is 19.1 Å². The normalized spacial score (nSPS) is 24.9. The number of aliphatic carboxylic acids is 1. The summed E-state index contributed by atoms with van der Waals surface area (Å²) in [4.78, 5) is 24.7. The highest BCUT2D eigenvalue weighted by Crippen LogP contribution is 2.23. The first-order chi connectivity index (χ1) is 8.49. The van der Waals surface area contributed by atoms with Crippen LogP contribution in [0.25, 0.3) is 0 Å². The van der Waals surface area contributed by atoms with Crippen LogP contribution in [0.1, 0.15) is 40.0 Å². The van der Waals surface area contributed by atoms with Gasteiger partial charge in [0.15, 0.2) is 0 Å². The largest absolute Gasteiger partial charge is 0.481 e. The minimum absolute atomic E-state index is 0.0273. The third-order valence-electron chi connectivity index (χ3n) is 3.67. The van der Waals surface area contributed by atoms with Gasteiger partial charge in [-0.1, -0.05) is 27.2 Å². The van der Waals surface area contributed by atoms with Crippen molar-refractivity contribution in [3.63, 3.8) is 0 Å². The molecule has 3 atom stereocenters. The van der Waals surface area contributed by atoms with Crippen LogP contribution in [0.3, 0.4) is 0 Å². The molecule has 0 aliphatic carbocycles. The second-order valence-electron chi connectivity index (χ2n) is 5.17. The Kier molecular flexibility index (Phi) is 5.44. The van der Waals surface area contributed by atoms with E-state index in [9.17, 15) is 9.59 Å². The molecule has 1 aliphatic heterocycles. The average Bonchev–Trinajstić information content (AvgIpc) is 2.70. The van der Waals surface area contributed by atoms with Crippen molar-refractivity contribution in [3.05, 3.63) is 0 Å². The maximum atomic E-state index is 12.0. The van der Waals surface area contributed by atoms with Gasteiger partial charge in [-0.2, -0.15) is 0 Å². The minimum Gasteiger partial charge on any atom is -0.481 e. The van der Waals surface area contributed by atoms with Crippen molar-refractivity contribution in [2.75, 3.05) is 13.1 Å². The predicted octanol–water partition coefficient (Wildman–Crippen LogP) is 1.93. The van der Waals surface area contributed by atoms with Crippen LogP contribution in [0.15, 0.2) is 0 Å². The van der Waals surface area contributed by atoms with Crippen LogP contribution in [0.4, 0.5) is 4.79 Å². The van der Waals surface area contributed by atoms with E-state index in [-0.39, 0.29) is 18.0 Å². The number of carboxylic acid groups (broad SMARTS) is 1. The minimum atomic E-state index is -0.807. The van der Waals surface area contributed by atoms with Crippen LogP contribution in [0.2, 0.25) is 0 Å². The number of amides is 2. The predicted molar refractivity (Wildman–Crippen MR) is 69.4 cm³/mol. The number of nitrogens with one attached hydrogen (secondary N) is 1. The molecule has 2 amide bonds. The van der Waals surface area contributed by atoms with Gasteiger partial charge in [-0.05, 0) is 18.8 Å². The van der Waals surface area contributed by atoms with E-state index in [1.165, 1.54) is 0 Å². The fourth-order valence-corrected chi connectivity index (χ4v) is 2.45. The van der Waals surface area contributed by atoms with Gasteiger partial charge in [-0.15, -0.1) is 0 Å². The third kappa shape index (κ3) is 3.62. The molecule has 104 valence electrons. The molecule has 0 aromatic heterocycles. The smallest absolute Gasteiger partial charge is 0.317 e. The number of carbonyl (C=O) groups is 2. The monoisotopic (exact) mass is 256 g/mol. The lowest BCUT2D eigenvalue weighted by Gasteiger charge is -2.22. The molecule has 0 aromatic carbocycles. The van der Waals surface area contributed by atoms with Gasteiger partial charge in [-0.3, -0.25) is 4.79 Å². The molecule has 1 rings (SSSR count). The fourth-order valence-electron chi connectivity index (χ4n) is 2.45. The third-order valence-corrected chi connectivity index (χ3v) is 3.67. The SMILES string of the molecule is CCCC(CC)NC(=O)N1CC(C)C(C(=O)O)C1. The molecule has 0 bridgehead atoms. The van der Waals surface area contributed by atoms with E-state index in [1.54, 1.807) is 4.90 Å². The maximum absolute atomic E-state index is 12.0. The Labute approximate surface area is 109 Å². The Morgan fingerprint density at radius 1 is 1.39 bits per heavy atom. The molecule has 5 heteroatoms. The molecule has 2 N–H and O–H groups in total. The van der Waals surface area contributed by atoms with E-state index in [1.807, 2.05) is 13.8 Å². The average molecular weight is 256 g/mol. The number of carboxylic acids is 1. The van der Waals surface area contributed by atoms with Crippen LogP contribution in [-0.4, -0.2) is 41.1 Å². The lowest BCUT2D eigenvalue weighted by Crippen LogP contribution is -2.44. The first kappa shape index (κ1) is 14.8. The topological polar surface area (TPSA) is 69.6 Å². The van der Waals surface area contributed by atoms with Crippen molar-refractivity contribution < 1.29 is 14.7 Å². The number of hydrogen-bond acceptors (Lipinski definition) is 2. The summed E-state index contributed by atoms with van der Waals surface area (Å²) in [5.41, 5.74) is 0. The summed E-state index contributed by atoms with van der Waals surface area (Å²) in [5.74, 6) is -1.21. The van der Waals surface area contributed by atoms with E-state index < -0.39 is 11.9 Å². The maximum Gasteiger partial charge on any atom is 0.317 e. The van der Waals surface area contributed by atoms with Gasteiger partial charge < -0.3 is 15.3 Å². The summed E-state index contributed by atoms with van der Waals surface area (Å²) in [7, 11) is 0. The highest BCUT2D eigenvalue weighted by molar-refractivity contribution is 5.77. The quantitative estimate of drug-likeness (QED) is 0.789. The number of nitrogens with zero attached hydrogens (tertiary/aromatic N) is 1. The summed E-state index contributed by atoms with van der Waals surface area (Å²) >= 11 is 0. The first-order valence-electron chi connectivity index (χ1n) is 6.77. The molecule has 1 saturated heterocycles. The van der Waals surface area contributed by atoms with Crippen molar-refractivity contribution in [3.8, 4) is 0 Å². The Morgan fingerprint density at radius 3 is 2.50 bits per heavy atom. The Bertz CT molecular complexity index is 307. The molecular weight excluding hydrogens is 232 g/mol. The summed E-state index contributed by atoms with van der Waals surface area (Å²) < 4.78 is 0. The summed E-state index contributed by atoms with van der Waals surface area (Å²) in [6, 6.07) is 0.0765. The molecule has 0 radical (unpaired) electrons. The van der Waals surface area contributed by atoms with E-state index in [0.29, 0.717) is 13.1 Å². The van der Waals surface area contributed by atoms with Gasteiger partial charge >= 0.3 is 12.0 Å². The van der Waals surface area contributed by atoms with Gasteiger partial charge in [0.2, 0.25) is 0 Å². The van der Waals surface area contributed by atoms with Crippen LogP contribution in [0.5, 0.6) is 0 Å². The number of likely N-dealkylation sites (tertiary alicyclic amines) is 1. The molecule has 1 heterocycles. The molecule has 18 heavy (non-hydrogen) atoms. The van der Waals surface area contributed by atoms with E-state index in [0.717, 1.165) is 19.3 Å².